The highest BCUT2D eigenvalue weighted by atomic mass is 16.5. The molecule has 0 aliphatic rings. The van der Waals surface area contributed by atoms with E-state index in [0.29, 0.717) is 18.9 Å². The van der Waals surface area contributed by atoms with Crippen molar-refractivity contribution < 1.29 is 9.53 Å². The van der Waals surface area contributed by atoms with E-state index in [-0.39, 0.29) is 5.97 Å². The van der Waals surface area contributed by atoms with Crippen LogP contribution >= 0.6 is 0 Å². The van der Waals surface area contributed by atoms with E-state index in [9.17, 15) is 4.79 Å². The maximum absolute atomic E-state index is 11.6. The standard InChI is InChI=1S/C26H52O2/c1-7-8-9-19-26(27)28-21-20-25(6)18-12-17-24(5)16-11-15-23(4)14-10-13-22(2)3/h22-25H,7-21H2,1-6H3. The molecule has 168 valence electrons. The zero-order valence-corrected chi connectivity index (χ0v) is 20.2. The molecule has 0 aromatic rings. The monoisotopic (exact) mass is 396 g/mol. The fourth-order valence-electron chi connectivity index (χ4n) is 3.90. The first kappa shape index (κ1) is 27.5. The van der Waals surface area contributed by atoms with Crippen LogP contribution in [0.1, 0.15) is 131 Å². The molecule has 0 aromatic heterocycles. The topological polar surface area (TPSA) is 26.3 Å². The molecule has 3 unspecified atom stereocenters. The highest BCUT2D eigenvalue weighted by Gasteiger charge is 2.09. The van der Waals surface area contributed by atoms with Crippen LogP contribution in [-0.4, -0.2) is 12.6 Å². The third kappa shape index (κ3) is 18.8. The van der Waals surface area contributed by atoms with Crippen molar-refractivity contribution in [1.82, 2.24) is 0 Å². The van der Waals surface area contributed by atoms with E-state index in [0.717, 1.165) is 43.4 Å². The average Bonchev–Trinajstić information content (AvgIpc) is 2.61. The minimum Gasteiger partial charge on any atom is -0.466 e. The molecule has 0 amide bonds. The highest BCUT2D eigenvalue weighted by molar-refractivity contribution is 5.69. The molecule has 0 rings (SSSR count). The van der Waals surface area contributed by atoms with Crippen LogP contribution in [0.4, 0.5) is 0 Å². The van der Waals surface area contributed by atoms with Crippen LogP contribution < -0.4 is 0 Å². The maximum atomic E-state index is 11.6. The number of ether oxygens (including phenoxy) is 1. The average molecular weight is 397 g/mol. The summed E-state index contributed by atoms with van der Waals surface area (Å²) in [5, 5.41) is 0. The summed E-state index contributed by atoms with van der Waals surface area (Å²) in [5.74, 6) is 3.26. The molecular weight excluding hydrogens is 344 g/mol. The van der Waals surface area contributed by atoms with Crippen molar-refractivity contribution in [1.29, 1.82) is 0 Å². The van der Waals surface area contributed by atoms with Gasteiger partial charge in [-0.2, -0.15) is 0 Å². The van der Waals surface area contributed by atoms with Gasteiger partial charge >= 0.3 is 5.97 Å². The lowest BCUT2D eigenvalue weighted by Gasteiger charge is -2.16. The van der Waals surface area contributed by atoms with Gasteiger partial charge in [0, 0.05) is 6.42 Å². The number of esters is 1. The SMILES string of the molecule is CCCCCC(=O)OCCC(C)CCCC(C)CCCC(C)CCCC(C)C. The van der Waals surface area contributed by atoms with Crippen LogP contribution in [0.5, 0.6) is 0 Å². The number of hydrogen-bond acceptors (Lipinski definition) is 2. The molecule has 28 heavy (non-hydrogen) atoms. The summed E-state index contributed by atoms with van der Waals surface area (Å²) >= 11 is 0. The lowest BCUT2D eigenvalue weighted by atomic mass is 9.91. The Morgan fingerprint density at radius 1 is 0.643 bits per heavy atom. The van der Waals surface area contributed by atoms with E-state index >= 15 is 0 Å². The van der Waals surface area contributed by atoms with Gasteiger partial charge in [-0.05, 0) is 36.5 Å². The van der Waals surface area contributed by atoms with Crippen molar-refractivity contribution in [3.63, 3.8) is 0 Å². The minimum atomic E-state index is -0.00675. The Morgan fingerprint density at radius 2 is 1.11 bits per heavy atom. The van der Waals surface area contributed by atoms with Gasteiger partial charge in [0.05, 0.1) is 6.61 Å². The molecule has 0 spiro atoms. The number of carbonyl (C=O) groups is 1. The molecule has 0 heterocycles. The second-order valence-electron chi connectivity index (χ2n) is 9.97. The lowest BCUT2D eigenvalue weighted by molar-refractivity contribution is -0.144. The Morgan fingerprint density at radius 3 is 1.57 bits per heavy atom. The zero-order valence-electron chi connectivity index (χ0n) is 20.2. The van der Waals surface area contributed by atoms with Gasteiger partial charge in [0.15, 0.2) is 0 Å². The Balaban J connectivity index is 3.56. The van der Waals surface area contributed by atoms with Gasteiger partial charge < -0.3 is 4.74 Å². The predicted octanol–water partition coefficient (Wildman–Crippen LogP) is 8.58. The van der Waals surface area contributed by atoms with Gasteiger partial charge in [-0.3, -0.25) is 4.79 Å². The van der Waals surface area contributed by atoms with Crippen LogP contribution in [0, 0.1) is 23.7 Å². The van der Waals surface area contributed by atoms with Gasteiger partial charge in [0.25, 0.3) is 0 Å². The Labute approximate surface area is 177 Å². The fourth-order valence-corrected chi connectivity index (χ4v) is 3.90. The maximum Gasteiger partial charge on any atom is 0.305 e. The van der Waals surface area contributed by atoms with E-state index in [4.69, 9.17) is 4.74 Å². The van der Waals surface area contributed by atoms with Crippen molar-refractivity contribution >= 4 is 5.97 Å². The first-order chi connectivity index (χ1) is 13.3. The molecule has 0 aromatic carbocycles. The molecule has 0 N–H and O–H groups in total. The van der Waals surface area contributed by atoms with Gasteiger partial charge in [0.2, 0.25) is 0 Å². The van der Waals surface area contributed by atoms with E-state index in [2.05, 4.69) is 41.5 Å². The summed E-state index contributed by atoms with van der Waals surface area (Å²) in [6.45, 7) is 14.6. The van der Waals surface area contributed by atoms with Gasteiger partial charge in [-0.15, -0.1) is 0 Å². The third-order valence-electron chi connectivity index (χ3n) is 6.12. The van der Waals surface area contributed by atoms with Crippen molar-refractivity contribution in [3.05, 3.63) is 0 Å². The van der Waals surface area contributed by atoms with Crippen LogP contribution in [0.15, 0.2) is 0 Å². The van der Waals surface area contributed by atoms with Crippen LogP contribution in [0.2, 0.25) is 0 Å². The van der Waals surface area contributed by atoms with Crippen LogP contribution in [0.25, 0.3) is 0 Å². The normalized spacial score (nSPS) is 14.8. The van der Waals surface area contributed by atoms with Gasteiger partial charge in [0.1, 0.15) is 0 Å². The van der Waals surface area contributed by atoms with Crippen molar-refractivity contribution in [2.24, 2.45) is 23.7 Å². The molecule has 0 radical (unpaired) electrons. The first-order valence-corrected chi connectivity index (χ1v) is 12.5. The van der Waals surface area contributed by atoms with Gasteiger partial charge in [-0.25, -0.2) is 0 Å². The Hall–Kier alpha value is -0.530. The van der Waals surface area contributed by atoms with Crippen LogP contribution in [-0.2, 0) is 9.53 Å². The quantitative estimate of drug-likeness (QED) is 0.161. The molecule has 0 aliphatic carbocycles. The third-order valence-corrected chi connectivity index (χ3v) is 6.12. The van der Waals surface area contributed by atoms with Crippen molar-refractivity contribution in [3.8, 4) is 0 Å². The van der Waals surface area contributed by atoms with Crippen LogP contribution in [0.3, 0.4) is 0 Å². The largest absolute Gasteiger partial charge is 0.466 e. The molecule has 3 atom stereocenters. The van der Waals surface area contributed by atoms with E-state index < -0.39 is 0 Å². The molecule has 0 bridgehead atoms. The molecule has 2 nitrogen and oxygen atoms in total. The van der Waals surface area contributed by atoms with Crippen molar-refractivity contribution in [2.75, 3.05) is 6.61 Å². The number of hydrogen-bond donors (Lipinski definition) is 0. The predicted molar refractivity (Wildman–Crippen MR) is 124 cm³/mol. The second kappa shape index (κ2) is 18.5. The smallest absolute Gasteiger partial charge is 0.305 e. The number of carbonyl (C=O) groups excluding carboxylic acids is 1. The Kier molecular flexibility index (Phi) is 18.1. The Bertz CT molecular complexity index is 350. The summed E-state index contributed by atoms with van der Waals surface area (Å²) in [6.07, 6.45) is 17.2. The van der Waals surface area contributed by atoms with Gasteiger partial charge in [-0.1, -0.05) is 112 Å². The summed E-state index contributed by atoms with van der Waals surface area (Å²) in [6, 6.07) is 0. The highest BCUT2D eigenvalue weighted by Crippen LogP contribution is 2.22. The molecular formula is C26H52O2. The summed E-state index contributed by atoms with van der Waals surface area (Å²) in [7, 11) is 0. The van der Waals surface area contributed by atoms with E-state index in [1.54, 1.807) is 0 Å². The fraction of sp³-hybridized carbons (Fsp3) is 0.962. The van der Waals surface area contributed by atoms with E-state index in [1.807, 2.05) is 0 Å². The first-order valence-electron chi connectivity index (χ1n) is 12.5. The molecule has 0 saturated carbocycles. The molecule has 2 heteroatoms. The lowest BCUT2D eigenvalue weighted by Crippen LogP contribution is -2.09. The molecule has 0 saturated heterocycles. The molecule has 0 fully saturated rings. The zero-order chi connectivity index (χ0) is 21.2. The van der Waals surface area contributed by atoms with E-state index in [1.165, 1.54) is 57.8 Å². The second-order valence-corrected chi connectivity index (χ2v) is 9.97. The summed E-state index contributed by atoms with van der Waals surface area (Å²) in [4.78, 5) is 11.6. The number of rotatable bonds is 19. The minimum absolute atomic E-state index is 0.00675. The summed E-state index contributed by atoms with van der Waals surface area (Å²) < 4.78 is 5.36. The van der Waals surface area contributed by atoms with Crippen molar-refractivity contribution in [2.45, 2.75) is 131 Å². The summed E-state index contributed by atoms with van der Waals surface area (Å²) in [5.41, 5.74) is 0. The molecule has 0 aliphatic heterocycles. The number of unbranched alkanes of at least 4 members (excludes halogenated alkanes) is 2.